The normalized spacial score (nSPS) is 16.0. The van der Waals surface area contributed by atoms with Gasteiger partial charge in [0, 0.05) is 5.38 Å². The fourth-order valence-corrected chi connectivity index (χ4v) is 1.13. The molecule has 0 saturated heterocycles. The van der Waals surface area contributed by atoms with Crippen molar-refractivity contribution in [1.82, 2.24) is 0 Å². The van der Waals surface area contributed by atoms with Gasteiger partial charge >= 0.3 is 5.97 Å². The van der Waals surface area contributed by atoms with Crippen LogP contribution in [0.5, 0.6) is 0 Å². The van der Waals surface area contributed by atoms with E-state index in [0.29, 0.717) is 6.42 Å². The lowest BCUT2D eigenvalue weighted by atomic mass is 10.2. The van der Waals surface area contributed by atoms with Gasteiger partial charge < -0.3 is 4.74 Å². The Morgan fingerprint density at radius 2 is 2.10 bits per heavy atom. The quantitative estimate of drug-likeness (QED) is 0.494. The van der Waals surface area contributed by atoms with E-state index in [1.54, 1.807) is 6.92 Å². The molecule has 0 aromatic heterocycles. The highest BCUT2D eigenvalue weighted by molar-refractivity contribution is 6.30. The lowest BCUT2D eigenvalue weighted by molar-refractivity contribution is -0.140. The van der Waals surface area contributed by atoms with E-state index in [-0.39, 0.29) is 5.38 Å². The molecule has 0 bridgehead atoms. The first kappa shape index (κ1) is 10.0. The molecule has 0 saturated carbocycles. The van der Waals surface area contributed by atoms with Crippen molar-refractivity contribution >= 4 is 29.2 Å². The van der Waals surface area contributed by atoms with Crippen molar-refractivity contribution in [2.75, 3.05) is 7.11 Å². The van der Waals surface area contributed by atoms with E-state index in [4.69, 9.17) is 23.2 Å². The van der Waals surface area contributed by atoms with Crippen LogP contribution in [0.25, 0.3) is 0 Å². The Labute approximate surface area is 70.4 Å². The molecule has 0 heterocycles. The summed E-state index contributed by atoms with van der Waals surface area (Å²) in [5.74, 6) is -0.422. The molecule has 10 heavy (non-hydrogen) atoms. The van der Waals surface area contributed by atoms with Crippen LogP contribution in [0.3, 0.4) is 0 Å². The molecule has 60 valence electrons. The van der Waals surface area contributed by atoms with Crippen LogP contribution in [0, 0.1) is 0 Å². The highest BCUT2D eigenvalue weighted by Gasteiger charge is 2.17. The lowest BCUT2D eigenvalue weighted by Crippen LogP contribution is -2.18. The number of esters is 1. The first-order valence-electron chi connectivity index (χ1n) is 2.94. The highest BCUT2D eigenvalue weighted by Crippen LogP contribution is 2.11. The first-order valence-corrected chi connectivity index (χ1v) is 3.81. The van der Waals surface area contributed by atoms with E-state index >= 15 is 0 Å². The third kappa shape index (κ3) is 3.96. The van der Waals surface area contributed by atoms with Crippen molar-refractivity contribution in [3.63, 3.8) is 0 Å². The molecule has 0 aliphatic heterocycles. The molecule has 0 aliphatic carbocycles. The van der Waals surface area contributed by atoms with Crippen LogP contribution in [-0.4, -0.2) is 23.8 Å². The number of carbonyl (C=O) groups is 1. The predicted octanol–water partition coefficient (Wildman–Crippen LogP) is 1.78. The Balaban J connectivity index is 3.61. The van der Waals surface area contributed by atoms with Gasteiger partial charge in [-0.3, -0.25) is 4.79 Å². The zero-order chi connectivity index (χ0) is 8.15. The third-order valence-corrected chi connectivity index (χ3v) is 1.52. The van der Waals surface area contributed by atoms with Crippen molar-refractivity contribution in [1.29, 1.82) is 0 Å². The van der Waals surface area contributed by atoms with Gasteiger partial charge in [0.05, 0.1) is 7.11 Å². The minimum Gasteiger partial charge on any atom is -0.468 e. The van der Waals surface area contributed by atoms with E-state index in [1.165, 1.54) is 7.11 Å². The summed E-state index contributed by atoms with van der Waals surface area (Å²) in [6.45, 7) is 1.78. The van der Waals surface area contributed by atoms with E-state index in [2.05, 4.69) is 4.74 Å². The molecule has 0 aromatic carbocycles. The van der Waals surface area contributed by atoms with Crippen molar-refractivity contribution in [2.45, 2.75) is 24.1 Å². The van der Waals surface area contributed by atoms with Crippen molar-refractivity contribution < 1.29 is 9.53 Å². The molecule has 2 atom stereocenters. The van der Waals surface area contributed by atoms with Crippen LogP contribution in [0.15, 0.2) is 0 Å². The Morgan fingerprint density at radius 1 is 1.60 bits per heavy atom. The molecule has 0 amide bonds. The fraction of sp³-hybridized carbons (Fsp3) is 0.833. The molecular formula is C6H10Cl2O2. The molecular weight excluding hydrogens is 175 g/mol. The Bertz CT molecular complexity index is 114. The first-order chi connectivity index (χ1) is 4.57. The summed E-state index contributed by atoms with van der Waals surface area (Å²) < 4.78 is 4.38. The van der Waals surface area contributed by atoms with Crippen LogP contribution in [0.2, 0.25) is 0 Å². The smallest absolute Gasteiger partial charge is 0.323 e. The standard InChI is InChI=1S/C6H10Cl2O2/c1-4(7)3-5(8)6(9)10-2/h4-5H,3H2,1-2H3/t4-,5+/m1/s1. The van der Waals surface area contributed by atoms with Gasteiger partial charge in [0.2, 0.25) is 0 Å². The second kappa shape index (κ2) is 4.80. The summed E-state index contributed by atoms with van der Waals surface area (Å²) in [5.41, 5.74) is 0. The van der Waals surface area contributed by atoms with Crippen LogP contribution in [0.4, 0.5) is 0 Å². The minimum atomic E-state index is -0.613. The molecule has 0 aromatic rings. The molecule has 0 fully saturated rings. The SMILES string of the molecule is COC(=O)[C@@H](Cl)C[C@@H](C)Cl. The Kier molecular flexibility index (Phi) is 4.83. The molecule has 0 unspecified atom stereocenters. The van der Waals surface area contributed by atoms with Gasteiger partial charge in [0.25, 0.3) is 0 Å². The molecule has 0 rings (SSSR count). The number of rotatable bonds is 3. The summed E-state index contributed by atoms with van der Waals surface area (Å²) in [4.78, 5) is 10.6. The average molecular weight is 185 g/mol. The van der Waals surface area contributed by atoms with Crippen LogP contribution in [-0.2, 0) is 9.53 Å². The van der Waals surface area contributed by atoms with Crippen molar-refractivity contribution in [3.05, 3.63) is 0 Å². The van der Waals surface area contributed by atoms with E-state index < -0.39 is 11.3 Å². The van der Waals surface area contributed by atoms with Gasteiger partial charge in [-0.1, -0.05) is 0 Å². The lowest BCUT2D eigenvalue weighted by Gasteiger charge is -2.07. The van der Waals surface area contributed by atoms with Gasteiger partial charge in [0.15, 0.2) is 0 Å². The molecule has 0 spiro atoms. The second-order valence-corrected chi connectivity index (χ2v) is 3.28. The Morgan fingerprint density at radius 3 is 2.40 bits per heavy atom. The number of alkyl halides is 2. The van der Waals surface area contributed by atoms with Gasteiger partial charge in [0.1, 0.15) is 5.38 Å². The number of carbonyl (C=O) groups excluding carboxylic acids is 1. The van der Waals surface area contributed by atoms with E-state index in [0.717, 1.165) is 0 Å². The highest BCUT2D eigenvalue weighted by atomic mass is 35.5. The van der Waals surface area contributed by atoms with Gasteiger partial charge in [-0.15, -0.1) is 23.2 Å². The van der Waals surface area contributed by atoms with Gasteiger partial charge in [-0.2, -0.15) is 0 Å². The number of hydrogen-bond donors (Lipinski definition) is 0. The number of methoxy groups -OCH3 is 1. The number of ether oxygens (including phenoxy) is 1. The summed E-state index contributed by atoms with van der Waals surface area (Å²) >= 11 is 11.1. The van der Waals surface area contributed by atoms with E-state index in [1.807, 2.05) is 0 Å². The minimum absolute atomic E-state index is 0.0957. The average Bonchev–Trinajstić information content (AvgIpc) is 1.85. The molecule has 0 radical (unpaired) electrons. The maximum absolute atomic E-state index is 10.6. The third-order valence-electron chi connectivity index (χ3n) is 0.989. The topological polar surface area (TPSA) is 26.3 Å². The second-order valence-electron chi connectivity index (χ2n) is 2.01. The van der Waals surface area contributed by atoms with Crippen LogP contribution >= 0.6 is 23.2 Å². The van der Waals surface area contributed by atoms with Crippen LogP contribution in [0.1, 0.15) is 13.3 Å². The monoisotopic (exact) mass is 184 g/mol. The number of halogens is 2. The summed E-state index contributed by atoms with van der Waals surface area (Å²) in [6, 6.07) is 0. The van der Waals surface area contributed by atoms with Crippen molar-refractivity contribution in [3.8, 4) is 0 Å². The largest absolute Gasteiger partial charge is 0.468 e. The molecule has 2 nitrogen and oxygen atoms in total. The zero-order valence-electron chi connectivity index (χ0n) is 5.93. The maximum Gasteiger partial charge on any atom is 0.323 e. The fourth-order valence-electron chi connectivity index (χ4n) is 0.509. The molecule has 0 N–H and O–H groups in total. The van der Waals surface area contributed by atoms with E-state index in [9.17, 15) is 4.79 Å². The zero-order valence-corrected chi connectivity index (χ0v) is 7.45. The number of hydrogen-bond acceptors (Lipinski definition) is 2. The summed E-state index contributed by atoms with van der Waals surface area (Å²) in [5, 5.41) is -0.709. The Hall–Kier alpha value is 0.0500. The summed E-state index contributed by atoms with van der Waals surface area (Å²) in [6.07, 6.45) is 0.440. The predicted molar refractivity (Wildman–Crippen MR) is 41.6 cm³/mol. The van der Waals surface area contributed by atoms with Crippen LogP contribution < -0.4 is 0 Å². The summed E-state index contributed by atoms with van der Waals surface area (Å²) in [7, 11) is 1.30. The maximum atomic E-state index is 10.6. The van der Waals surface area contributed by atoms with Gasteiger partial charge in [-0.05, 0) is 13.3 Å². The van der Waals surface area contributed by atoms with Gasteiger partial charge in [-0.25, -0.2) is 0 Å². The molecule has 4 heteroatoms. The van der Waals surface area contributed by atoms with Crippen molar-refractivity contribution in [2.24, 2.45) is 0 Å². The molecule has 0 aliphatic rings.